The number of Topliss-reactive ketones (excluding diaryl/α,β-unsaturated/α-hetero) is 1. The summed E-state index contributed by atoms with van der Waals surface area (Å²) in [6.07, 6.45) is 12.2. The van der Waals surface area contributed by atoms with Gasteiger partial charge < -0.3 is 4.90 Å². The highest BCUT2D eigenvalue weighted by Gasteiger charge is 2.58. The predicted molar refractivity (Wildman–Crippen MR) is 166 cm³/mol. The number of hydrogen-bond donors (Lipinski definition) is 0. The van der Waals surface area contributed by atoms with Crippen molar-refractivity contribution in [2.45, 2.75) is 127 Å². The fraction of sp³-hybridized carbons (Fsp3) is 0.778. The molecule has 0 aromatic heterocycles. The van der Waals surface area contributed by atoms with E-state index in [-0.39, 0.29) is 45.2 Å². The Morgan fingerprint density at radius 3 is 2.20 bits per heavy atom. The molecule has 2 aliphatic carbocycles. The van der Waals surface area contributed by atoms with Gasteiger partial charge in [-0.15, -0.1) is 0 Å². The van der Waals surface area contributed by atoms with Crippen LogP contribution in [0, 0.1) is 50.2 Å². The number of carbonyl (C=O) groups excluding carboxylic acids is 3. The van der Waals surface area contributed by atoms with E-state index in [0.717, 1.165) is 76.5 Å². The van der Waals surface area contributed by atoms with E-state index < -0.39 is 10.8 Å². The van der Waals surface area contributed by atoms with E-state index in [2.05, 4.69) is 66.4 Å². The largest absolute Gasteiger partial charge is 0.342 e. The average Bonchev–Trinajstić information content (AvgIpc) is 3.45. The standard InChI is InChI=1S/C36H56N2O3/c1-11-32(4,5)16-18-34(8,31(41)38-20-12-13-21-38)19-17-33(6,7)36(10)15-14-28-26(3)30(40)27(24-37)23-35(28,9)29(36)22-25(2)39/h22-23,26,28H,11-21H2,1-10H3/b29-22-/t26-,28-,34-,35-,36+/m0/s1. The number of rotatable bonds is 10. The molecule has 3 rings (SSSR count). The van der Waals surface area contributed by atoms with Crippen molar-refractivity contribution >= 4 is 17.5 Å². The molecule has 0 bridgehead atoms. The first-order valence-electron chi connectivity index (χ1n) is 16.1. The summed E-state index contributed by atoms with van der Waals surface area (Å²) in [5.41, 5.74) is -0.0789. The third-order valence-electron chi connectivity index (χ3n) is 12.1. The molecule has 1 saturated heterocycles. The van der Waals surface area contributed by atoms with Gasteiger partial charge in [-0.25, -0.2) is 0 Å². The smallest absolute Gasteiger partial charge is 0.228 e. The van der Waals surface area contributed by atoms with Gasteiger partial charge in [0.2, 0.25) is 5.91 Å². The van der Waals surface area contributed by atoms with Gasteiger partial charge in [-0.05, 0) is 86.5 Å². The van der Waals surface area contributed by atoms with Crippen molar-refractivity contribution in [1.29, 1.82) is 5.26 Å². The van der Waals surface area contributed by atoms with Crippen LogP contribution in [0.5, 0.6) is 0 Å². The Morgan fingerprint density at radius 2 is 1.66 bits per heavy atom. The summed E-state index contributed by atoms with van der Waals surface area (Å²) in [5.74, 6) is 0.0208. The van der Waals surface area contributed by atoms with E-state index in [4.69, 9.17) is 0 Å². The van der Waals surface area contributed by atoms with Gasteiger partial charge in [-0.1, -0.05) is 80.4 Å². The molecule has 1 amide bonds. The minimum atomic E-state index is -0.547. The summed E-state index contributed by atoms with van der Waals surface area (Å²) in [7, 11) is 0. The molecule has 0 unspecified atom stereocenters. The van der Waals surface area contributed by atoms with Gasteiger partial charge in [0.1, 0.15) is 6.07 Å². The summed E-state index contributed by atoms with van der Waals surface area (Å²) in [6.45, 7) is 23.3. The predicted octanol–water partition coefficient (Wildman–Crippen LogP) is 8.24. The van der Waals surface area contributed by atoms with Crippen LogP contribution in [0.3, 0.4) is 0 Å². The summed E-state index contributed by atoms with van der Waals surface area (Å²) < 4.78 is 0. The number of amides is 1. The maximum atomic E-state index is 14.0. The van der Waals surface area contributed by atoms with E-state index in [9.17, 15) is 19.6 Å². The molecule has 1 saturated carbocycles. The first-order chi connectivity index (χ1) is 18.9. The van der Waals surface area contributed by atoms with Crippen LogP contribution < -0.4 is 0 Å². The molecular weight excluding hydrogens is 508 g/mol. The first-order valence-corrected chi connectivity index (χ1v) is 16.1. The average molecular weight is 565 g/mol. The topological polar surface area (TPSA) is 78.2 Å². The number of likely N-dealkylation sites (tertiary alicyclic amines) is 1. The summed E-state index contributed by atoms with van der Waals surface area (Å²) in [6, 6.07) is 2.15. The van der Waals surface area contributed by atoms with Crippen molar-refractivity contribution in [2.75, 3.05) is 13.1 Å². The Bertz CT molecular complexity index is 1150. The number of nitriles is 1. The van der Waals surface area contributed by atoms with Crippen LogP contribution in [0.15, 0.2) is 23.3 Å². The molecule has 0 radical (unpaired) electrons. The Hall–Kier alpha value is -2.22. The second kappa shape index (κ2) is 11.8. The second-order valence-electron chi connectivity index (χ2n) is 15.7. The Kier molecular flexibility index (Phi) is 9.59. The van der Waals surface area contributed by atoms with Crippen molar-refractivity contribution in [3.8, 4) is 6.07 Å². The van der Waals surface area contributed by atoms with Gasteiger partial charge in [0, 0.05) is 29.8 Å². The monoisotopic (exact) mass is 564 g/mol. The molecule has 0 spiro atoms. The number of ketones is 2. The van der Waals surface area contributed by atoms with Crippen molar-refractivity contribution < 1.29 is 14.4 Å². The number of fused-ring (bicyclic) bond motifs is 1. The van der Waals surface area contributed by atoms with Crippen LogP contribution in [-0.2, 0) is 14.4 Å². The van der Waals surface area contributed by atoms with Crippen LogP contribution >= 0.6 is 0 Å². The Labute approximate surface area is 250 Å². The third kappa shape index (κ3) is 6.28. The van der Waals surface area contributed by atoms with Gasteiger partial charge in [0.25, 0.3) is 0 Å². The number of carbonyl (C=O) groups is 3. The van der Waals surface area contributed by atoms with Gasteiger partial charge in [-0.2, -0.15) is 5.26 Å². The number of hydrogen-bond acceptors (Lipinski definition) is 4. The zero-order valence-electron chi connectivity index (χ0n) is 27.7. The molecule has 228 valence electrons. The minimum Gasteiger partial charge on any atom is -0.342 e. The SMILES string of the molecule is CCC(C)(C)CC[C@@](C)(CCC(C)(C)[C@]1(C)CC[C@H]2[C@H](C)C(=O)C(C#N)=C[C@]2(C)/C1=C/C(C)=O)C(=O)N1CCCC1. The van der Waals surface area contributed by atoms with E-state index in [1.54, 1.807) is 13.0 Å². The van der Waals surface area contributed by atoms with Crippen LogP contribution in [0.1, 0.15) is 127 Å². The lowest BCUT2D eigenvalue weighted by Crippen LogP contribution is -2.53. The molecular formula is C36H56N2O3. The van der Waals surface area contributed by atoms with Gasteiger partial charge >= 0.3 is 0 Å². The van der Waals surface area contributed by atoms with Crippen LogP contribution in [0.25, 0.3) is 0 Å². The Morgan fingerprint density at radius 1 is 1.07 bits per heavy atom. The Balaban J connectivity index is 2.01. The quantitative estimate of drug-likeness (QED) is 0.250. The third-order valence-corrected chi connectivity index (χ3v) is 12.1. The molecule has 0 aromatic carbocycles. The van der Waals surface area contributed by atoms with Gasteiger partial charge in [0.05, 0.1) is 5.57 Å². The highest BCUT2D eigenvalue weighted by molar-refractivity contribution is 6.02. The fourth-order valence-corrected chi connectivity index (χ4v) is 8.03. The van der Waals surface area contributed by atoms with E-state index >= 15 is 0 Å². The minimum absolute atomic E-state index is 0.00351. The molecule has 5 heteroatoms. The van der Waals surface area contributed by atoms with Crippen molar-refractivity contribution in [2.24, 2.45) is 38.9 Å². The highest BCUT2D eigenvalue weighted by atomic mass is 16.2. The highest BCUT2D eigenvalue weighted by Crippen LogP contribution is 2.65. The van der Waals surface area contributed by atoms with Crippen LogP contribution in [0.4, 0.5) is 0 Å². The molecule has 0 aromatic rings. The lowest BCUT2D eigenvalue weighted by Gasteiger charge is -2.59. The van der Waals surface area contributed by atoms with Crippen molar-refractivity contribution in [3.05, 3.63) is 23.3 Å². The van der Waals surface area contributed by atoms with Crippen molar-refractivity contribution in [1.82, 2.24) is 4.90 Å². The lowest BCUT2D eigenvalue weighted by molar-refractivity contribution is -0.142. The summed E-state index contributed by atoms with van der Waals surface area (Å²) >= 11 is 0. The molecule has 41 heavy (non-hydrogen) atoms. The molecule has 3 aliphatic rings. The number of nitrogens with zero attached hydrogens (tertiary/aromatic N) is 2. The zero-order chi connectivity index (χ0) is 31.0. The van der Waals surface area contributed by atoms with Crippen LogP contribution in [-0.4, -0.2) is 35.5 Å². The van der Waals surface area contributed by atoms with Gasteiger partial charge in [0.15, 0.2) is 11.6 Å². The van der Waals surface area contributed by atoms with Crippen molar-refractivity contribution in [3.63, 3.8) is 0 Å². The van der Waals surface area contributed by atoms with E-state index in [1.165, 1.54) is 0 Å². The molecule has 5 atom stereocenters. The molecule has 1 heterocycles. The summed E-state index contributed by atoms with van der Waals surface area (Å²) in [5, 5.41) is 9.82. The first kappa shape index (κ1) is 33.3. The van der Waals surface area contributed by atoms with Crippen LogP contribution in [0.2, 0.25) is 0 Å². The zero-order valence-corrected chi connectivity index (χ0v) is 27.7. The number of allylic oxidation sites excluding steroid dienone is 4. The van der Waals surface area contributed by atoms with Gasteiger partial charge in [-0.3, -0.25) is 14.4 Å². The van der Waals surface area contributed by atoms with E-state index in [1.807, 2.05) is 13.0 Å². The molecule has 0 N–H and O–H groups in total. The fourth-order valence-electron chi connectivity index (χ4n) is 8.03. The maximum absolute atomic E-state index is 14.0. The van der Waals surface area contributed by atoms with E-state index in [0.29, 0.717) is 5.91 Å². The molecule has 1 aliphatic heterocycles. The lowest BCUT2D eigenvalue weighted by atomic mass is 9.44. The second-order valence-corrected chi connectivity index (χ2v) is 15.7. The summed E-state index contributed by atoms with van der Waals surface area (Å²) in [4.78, 5) is 41.8. The maximum Gasteiger partial charge on any atom is 0.228 e. The molecule has 2 fully saturated rings. The normalized spacial score (nSPS) is 31.3. The molecule has 5 nitrogen and oxygen atoms in total.